The molecule has 0 bridgehead atoms. The topological polar surface area (TPSA) is 157 Å². The van der Waals surface area contributed by atoms with Crippen molar-refractivity contribution in [2.24, 2.45) is 11.1 Å². The summed E-state index contributed by atoms with van der Waals surface area (Å²) in [5, 5.41) is 22.1. The fraction of sp³-hybridized carbons (Fsp3) is 0.400. The van der Waals surface area contributed by atoms with E-state index >= 15 is 0 Å². The second-order valence-electron chi connectivity index (χ2n) is 9.49. The van der Waals surface area contributed by atoms with Gasteiger partial charge in [0.2, 0.25) is 5.78 Å². The van der Waals surface area contributed by atoms with Crippen molar-refractivity contribution in [2.75, 3.05) is 18.5 Å². The van der Waals surface area contributed by atoms with Crippen LogP contribution in [0.1, 0.15) is 55.7 Å². The number of aliphatic hydroxyl groups is 1. The first-order valence-corrected chi connectivity index (χ1v) is 14.4. The van der Waals surface area contributed by atoms with Crippen molar-refractivity contribution in [2.45, 2.75) is 44.4 Å². The van der Waals surface area contributed by atoms with Gasteiger partial charge in [0, 0.05) is 29.6 Å². The molecular formula is C25H29N5O5S2. The Morgan fingerprint density at radius 2 is 2.11 bits per heavy atom. The van der Waals surface area contributed by atoms with Crippen LogP contribution in [0.15, 0.2) is 42.9 Å². The van der Waals surface area contributed by atoms with Gasteiger partial charge in [-0.2, -0.15) is 8.42 Å². The van der Waals surface area contributed by atoms with Crippen LogP contribution in [-0.2, 0) is 20.9 Å². The molecule has 3 heterocycles. The third-order valence-electron chi connectivity index (χ3n) is 7.00. The Morgan fingerprint density at radius 1 is 1.30 bits per heavy atom. The van der Waals surface area contributed by atoms with E-state index in [1.165, 1.54) is 35.0 Å². The first-order chi connectivity index (χ1) is 17.7. The molecule has 10 nitrogen and oxygen atoms in total. The fourth-order valence-electron chi connectivity index (χ4n) is 5.20. The van der Waals surface area contributed by atoms with Crippen LogP contribution in [0.5, 0.6) is 0 Å². The molecule has 0 saturated heterocycles. The zero-order valence-electron chi connectivity index (χ0n) is 20.3. The molecule has 12 heteroatoms. The van der Waals surface area contributed by atoms with Crippen molar-refractivity contribution in [3.8, 4) is 0 Å². The van der Waals surface area contributed by atoms with Crippen LogP contribution in [0.4, 0.5) is 5.82 Å². The van der Waals surface area contributed by atoms with Crippen molar-refractivity contribution in [3.05, 3.63) is 74.9 Å². The van der Waals surface area contributed by atoms with Crippen LogP contribution < -0.4 is 15.8 Å². The van der Waals surface area contributed by atoms with E-state index in [1.54, 1.807) is 0 Å². The standard InChI is InChI=1S/C25H29N5O5S2/c1-14-19(23-18-5-3-2-4-15(18)6-7-28-23)10-22(36-14)24(32)20-11-27-13-29-25(20)30-17-8-16(21(31)9-17)12-35-37(26,33)34/h2-5,10-11,13,16-17,21,23,28,31H,6-9,12H2,1H3,(H2,26,33,34)(H,27,29,30)/t16-,17-,21+,23+/m1/s1. The normalized spacial score (nSPS) is 23.5. The second-order valence-corrected chi connectivity index (χ2v) is 12.0. The first kappa shape index (κ1) is 25.9. The van der Waals surface area contributed by atoms with Gasteiger partial charge >= 0.3 is 10.3 Å². The summed E-state index contributed by atoms with van der Waals surface area (Å²) in [4.78, 5) is 23.6. The Bertz CT molecular complexity index is 1410. The van der Waals surface area contributed by atoms with Gasteiger partial charge in [-0.25, -0.2) is 15.1 Å². The predicted octanol–water partition coefficient (Wildman–Crippen LogP) is 2.08. The van der Waals surface area contributed by atoms with E-state index in [1.807, 2.05) is 19.1 Å². The quantitative estimate of drug-likeness (QED) is 0.312. The lowest BCUT2D eigenvalue weighted by Gasteiger charge is -2.27. The van der Waals surface area contributed by atoms with Crippen LogP contribution in [0.25, 0.3) is 0 Å². The Balaban J connectivity index is 1.34. The molecule has 1 saturated carbocycles. The smallest absolute Gasteiger partial charge is 0.333 e. The highest BCUT2D eigenvalue weighted by Crippen LogP contribution is 2.36. The molecule has 0 spiro atoms. The third-order valence-corrected chi connectivity index (χ3v) is 8.53. The number of carbonyl (C=O) groups excluding carboxylic acids is 1. The van der Waals surface area contributed by atoms with Crippen molar-refractivity contribution in [1.29, 1.82) is 0 Å². The van der Waals surface area contributed by atoms with E-state index in [-0.39, 0.29) is 24.5 Å². The summed E-state index contributed by atoms with van der Waals surface area (Å²) in [5.41, 5.74) is 3.98. The average molecular weight is 544 g/mol. The van der Waals surface area contributed by atoms with Crippen LogP contribution in [0, 0.1) is 12.8 Å². The van der Waals surface area contributed by atoms with E-state index in [0.717, 1.165) is 23.4 Å². The number of hydrogen-bond donors (Lipinski definition) is 4. The number of nitrogens with two attached hydrogens (primary N) is 1. The van der Waals surface area contributed by atoms with E-state index in [0.29, 0.717) is 29.1 Å². The molecule has 0 amide bonds. The van der Waals surface area contributed by atoms with Crippen LogP contribution in [0.2, 0.25) is 0 Å². The molecule has 2 aliphatic rings. The number of hydrogen-bond acceptors (Lipinski definition) is 10. The number of aromatic nitrogens is 2. The summed E-state index contributed by atoms with van der Waals surface area (Å²) in [7, 11) is -4.09. The number of ketones is 1. The maximum atomic E-state index is 13.6. The first-order valence-electron chi connectivity index (χ1n) is 12.1. The van der Waals surface area contributed by atoms with Crippen LogP contribution in [0.3, 0.4) is 0 Å². The Labute approximate surface area is 219 Å². The van der Waals surface area contributed by atoms with Crippen molar-refractivity contribution in [1.82, 2.24) is 15.3 Å². The zero-order valence-corrected chi connectivity index (χ0v) is 21.9. The molecule has 4 atom stereocenters. The molecule has 196 valence electrons. The molecule has 2 aromatic heterocycles. The molecule has 1 aromatic carbocycles. The number of rotatable bonds is 8. The van der Waals surface area contributed by atoms with Crippen LogP contribution in [-0.4, -0.2) is 54.6 Å². The van der Waals surface area contributed by atoms with E-state index in [2.05, 4.69) is 43.0 Å². The average Bonchev–Trinajstić information content (AvgIpc) is 3.43. The lowest BCUT2D eigenvalue weighted by atomic mass is 9.90. The molecule has 1 fully saturated rings. The van der Waals surface area contributed by atoms with Gasteiger partial charge < -0.3 is 15.7 Å². The highest BCUT2D eigenvalue weighted by atomic mass is 32.2. The van der Waals surface area contributed by atoms with Crippen molar-refractivity contribution in [3.63, 3.8) is 0 Å². The van der Waals surface area contributed by atoms with E-state index in [4.69, 9.17) is 5.14 Å². The second kappa shape index (κ2) is 10.6. The number of fused-ring (bicyclic) bond motifs is 1. The van der Waals surface area contributed by atoms with Gasteiger partial charge in [0.25, 0.3) is 0 Å². The van der Waals surface area contributed by atoms with Crippen molar-refractivity contribution >= 4 is 33.2 Å². The molecule has 0 unspecified atom stereocenters. The Kier molecular flexibility index (Phi) is 7.39. The SMILES string of the molecule is Cc1sc(C(=O)c2cncnc2N[C@@H]2C[C@H](COS(N)(=O)=O)[C@@H](O)C2)cc1[C@H]1NCCc2ccccc21. The number of nitrogens with zero attached hydrogens (tertiary/aromatic N) is 2. The lowest BCUT2D eigenvalue weighted by Crippen LogP contribution is -2.30. The van der Waals surface area contributed by atoms with Gasteiger partial charge in [-0.1, -0.05) is 24.3 Å². The maximum Gasteiger partial charge on any atom is 0.333 e. The van der Waals surface area contributed by atoms with E-state index < -0.39 is 22.3 Å². The summed E-state index contributed by atoms with van der Waals surface area (Å²) in [6.07, 6.45) is 3.85. The van der Waals surface area contributed by atoms with Gasteiger partial charge in [-0.15, -0.1) is 11.3 Å². The zero-order chi connectivity index (χ0) is 26.2. The summed E-state index contributed by atoms with van der Waals surface area (Å²) < 4.78 is 26.9. The molecule has 1 aliphatic carbocycles. The minimum Gasteiger partial charge on any atom is -0.393 e. The van der Waals surface area contributed by atoms with Crippen LogP contribution >= 0.6 is 11.3 Å². The molecule has 5 N–H and O–H groups in total. The molecule has 3 aromatic rings. The summed E-state index contributed by atoms with van der Waals surface area (Å²) in [6, 6.07) is 10.1. The minimum absolute atomic E-state index is 0.0313. The number of thiophene rings is 1. The Hall–Kier alpha value is -2.74. The van der Waals surface area contributed by atoms with Gasteiger partial charge in [-0.05, 0) is 48.9 Å². The molecule has 37 heavy (non-hydrogen) atoms. The lowest BCUT2D eigenvalue weighted by molar-refractivity contribution is 0.101. The number of carbonyl (C=O) groups is 1. The van der Waals surface area contributed by atoms with Gasteiger partial charge in [-0.3, -0.25) is 8.98 Å². The van der Waals surface area contributed by atoms with Gasteiger partial charge in [0.05, 0.1) is 29.2 Å². The Morgan fingerprint density at radius 3 is 2.92 bits per heavy atom. The van der Waals surface area contributed by atoms with Crippen molar-refractivity contribution < 1.29 is 22.5 Å². The summed E-state index contributed by atoms with van der Waals surface area (Å²) in [5.74, 6) is -0.219. The monoisotopic (exact) mass is 543 g/mol. The highest BCUT2D eigenvalue weighted by molar-refractivity contribution is 7.84. The maximum absolute atomic E-state index is 13.6. The van der Waals surface area contributed by atoms with Gasteiger partial charge in [0.1, 0.15) is 12.1 Å². The number of anilines is 1. The summed E-state index contributed by atoms with van der Waals surface area (Å²) >= 11 is 1.45. The number of nitrogens with one attached hydrogen (secondary N) is 2. The minimum atomic E-state index is -4.09. The number of benzene rings is 1. The molecule has 0 radical (unpaired) electrons. The fourth-order valence-corrected chi connectivity index (χ4v) is 6.57. The molecule has 5 rings (SSSR count). The van der Waals surface area contributed by atoms with E-state index in [9.17, 15) is 18.3 Å². The van der Waals surface area contributed by atoms with Gasteiger partial charge in [0.15, 0.2) is 0 Å². The molecule has 1 aliphatic heterocycles. The summed E-state index contributed by atoms with van der Waals surface area (Å²) in [6.45, 7) is 2.70. The third kappa shape index (κ3) is 5.74. The number of aryl methyl sites for hydroxylation is 1. The highest BCUT2D eigenvalue weighted by Gasteiger charge is 2.35. The largest absolute Gasteiger partial charge is 0.393 e. The molecular weight excluding hydrogens is 514 g/mol. The number of aliphatic hydroxyl groups excluding tert-OH is 1. The predicted molar refractivity (Wildman–Crippen MR) is 140 cm³/mol.